The predicted molar refractivity (Wildman–Crippen MR) is 77.5 cm³/mol. The van der Waals surface area contributed by atoms with Crippen molar-refractivity contribution in [1.82, 2.24) is 9.78 Å². The van der Waals surface area contributed by atoms with E-state index in [1.54, 1.807) is 4.68 Å². The normalized spacial score (nSPS) is 11.3. The number of rotatable bonds is 4. The molecule has 1 aromatic carbocycles. The van der Waals surface area contributed by atoms with E-state index in [1.807, 2.05) is 12.1 Å². The lowest BCUT2D eigenvalue weighted by Crippen LogP contribution is -2.04. The molecule has 102 valence electrons. The van der Waals surface area contributed by atoms with Gasteiger partial charge in [0.2, 0.25) is 0 Å². The molecular weight excluding hydrogens is 260 g/mol. The fourth-order valence-corrected chi connectivity index (χ4v) is 2.41. The number of aliphatic hydroxyl groups excluding tert-OH is 1. The summed E-state index contributed by atoms with van der Waals surface area (Å²) in [7, 11) is 0. The van der Waals surface area contributed by atoms with E-state index in [4.69, 9.17) is 11.6 Å². The number of hydrogen-bond acceptors (Lipinski definition) is 2. The summed E-state index contributed by atoms with van der Waals surface area (Å²) in [5, 5.41) is 14.5. The molecule has 0 spiro atoms. The molecule has 0 fully saturated rings. The Hall–Kier alpha value is -1.32. The van der Waals surface area contributed by atoms with Crippen molar-refractivity contribution in [2.24, 2.45) is 0 Å². The molecule has 0 atom stereocenters. The molecule has 0 aliphatic heterocycles. The lowest BCUT2D eigenvalue weighted by molar-refractivity contribution is 0.280. The van der Waals surface area contributed by atoms with E-state index in [0.29, 0.717) is 11.7 Å². The third kappa shape index (κ3) is 2.82. The van der Waals surface area contributed by atoms with Crippen molar-refractivity contribution in [2.75, 3.05) is 0 Å². The van der Waals surface area contributed by atoms with Gasteiger partial charge in [0, 0.05) is 5.56 Å². The molecule has 0 amide bonds. The Morgan fingerprint density at radius 3 is 2.53 bits per heavy atom. The third-order valence-corrected chi connectivity index (χ3v) is 3.72. The van der Waals surface area contributed by atoms with E-state index in [9.17, 15) is 5.11 Å². The van der Waals surface area contributed by atoms with Crippen molar-refractivity contribution in [3.8, 4) is 0 Å². The second-order valence-electron chi connectivity index (χ2n) is 5.05. The lowest BCUT2D eigenvalue weighted by Gasteiger charge is -2.07. The molecule has 2 aromatic rings. The van der Waals surface area contributed by atoms with E-state index in [1.165, 1.54) is 11.1 Å². The summed E-state index contributed by atoms with van der Waals surface area (Å²) in [5.41, 5.74) is 4.02. The van der Waals surface area contributed by atoms with Crippen LogP contribution in [-0.4, -0.2) is 14.9 Å². The van der Waals surface area contributed by atoms with Gasteiger partial charge >= 0.3 is 0 Å². The zero-order valence-corrected chi connectivity index (χ0v) is 12.3. The zero-order chi connectivity index (χ0) is 14.0. The van der Waals surface area contributed by atoms with E-state index in [-0.39, 0.29) is 12.5 Å². The Kier molecular flexibility index (Phi) is 4.27. The molecule has 0 unspecified atom stereocenters. The largest absolute Gasteiger partial charge is 0.391 e. The summed E-state index contributed by atoms with van der Waals surface area (Å²) in [6, 6.07) is 8.17. The van der Waals surface area contributed by atoms with Gasteiger partial charge < -0.3 is 5.11 Å². The van der Waals surface area contributed by atoms with E-state index in [2.05, 4.69) is 38.0 Å². The molecule has 0 aliphatic rings. The molecule has 3 nitrogen and oxygen atoms in total. The summed E-state index contributed by atoms with van der Waals surface area (Å²) in [6.45, 7) is 6.74. The van der Waals surface area contributed by atoms with Crippen LogP contribution >= 0.6 is 11.6 Å². The minimum atomic E-state index is -0.0693. The van der Waals surface area contributed by atoms with Crippen molar-refractivity contribution in [2.45, 2.75) is 39.8 Å². The molecule has 19 heavy (non-hydrogen) atoms. The molecule has 0 radical (unpaired) electrons. The van der Waals surface area contributed by atoms with E-state index >= 15 is 0 Å². The van der Waals surface area contributed by atoms with Crippen LogP contribution in [0.25, 0.3) is 0 Å². The Labute approximate surface area is 118 Å². The van der Waals surface area contributed by atoms with Crippen LogP contribution in [0.2, 0.25) is 5.15 Å². The van der Waals surface area contributed by atoms with Gasteiger partial charge in [0.05, 0.1) is 18.8 Å². The first-order valence-corrected chi connectivity index (χ1v) is 6.82. The number of benzene rings is 1. The van der Waals surface area contributed by atoms with Gasteiger partial charge in [-0.1, -0.05) is 49.7 Å². The fraction of sp³-hybridized carbons (Fsp3) is 0.400. The molecule has 0 saturated heterocycles. The molecule has 4 heteroatoms. The monoisotopic (exact) mass is 278 g/mol. The van der Waals surface area contributed by atoms with Gasteiger partial charge in [-0.15, -0.1) is 0 Å². The summed E-state index contributed by atoms with van der Waals surface area (Å²) in [5.74, 6) is 0.248. The molecule has 1 N–H and O–H groups in total. The summed E-state index contributed by atoms with van der Waals surface area (Å²) in [6.07, 6.45) is 0. The Morgan fingerprint density at radius 2 is 2.00 bits per heavy atom. The highest BCUT2D eigenvalue weighted by molar-refractivity contribution is 6.30. The van der Waals surface area contributed by atoms with Gasteiger partial charge in [0.1, 0.15) is 5.15 Å². The zero-order valence-electron chi connectivity index (χ0n) is 11.5. The maximum absolute atomic E-state index is 9.44. The summed E-state index contributed by atoms with van der Waals surface area (Å²) < 4.78 is 1.77. The van der Waals surface area contributed by atoms with Crippen LogP contribution in [0.4, 0.5) is 0 Å². The third-order valence-electron chi connectivity index (χ3n) is 3.30. The first kappa shape index (κ1) is 14.1. The number of aliphatic hydroxyl groups is 1. The smallest absolute Gasteiger partial charge is 0.133 e. The minimum Gasteiger partial charge on any atom is -0.391 e. The average Bonchev–Trinajstić information content (AvgIpc) is 2.69. The highest BCUT2D eigenvalue weighted by atomic mass is 35.5. The van der Waals surface area contributed by atoms with Crippen molar-refractivity contribution in [1.29, 1.82) is 0 Å². The van der Waals surface area contributed by atoms with Gasteiger partial charge in [0.15, 0.2) is 0 Å². The quantitative estimate of drug-likeness (QED) is 0.929. The molecule has 1 heterocycles. The van der Waals surface area contributed by atoms with Gasteiger partial charge in [-0.2, -0.15) is 5.10 Å². The number of hydrogen-bond donors (Lipinski definition) is 1. The SMILES string of the molecule is Cc1ccccc1Cn1nc(C(C)C)c(CO)c1Cl. The Bertz CT molecular complexity index is 576. The summed E-state index contributed by atoms with van der Waals surface area (Å²) >= 11 is 6.32. The van der Waals surface area contributed by atoms with Crippen LogP contribution in [0.15, 0.2) is 24.3 Å². The number of halogens is 1. The lowest BCUT2D eigenvalue weighted by atomic mass is 10.1. The van der Waals surface area contributed by atoms with Crippen LogP contribution in [0.5, 0.6) is 0 Å². The van der Waals surface area contributed by atoms with Crippen molar-refractivity contribution in [3.05, 3.63) is 51.8 Å². The fourth-order valence-electron chi connectivity index (χ4n) is 2.16. The van der Waals surface area contributed by atoms with E-state index < -0.39 is 0 Å². The molecule has 0 saturated carbocycles. The second kappa shape index (κ2) is 5.76. The van der Waals surface area contributed by atoms with Gasteiger partial charge in [-0.25, -0.2) is 4.68 Å². The van der Waals surface area contributed by atoms with Gasteiger partial charge in [-0.05, 0) is 24.0 Å². The Morgan fingerprint density at radius 1 is 1.32 bits per heavy atom. The van der Waals surface area contributed by atoms with Gasteiger partial charge in [0.25, 0.3) is 0 Å². The number of aromatic nitrogens is 2. The maximum atomic E-state index is 9.44. The van der Waals surface area contributed by atoms with Crippen molar-refractivity contribution < 1.29 is 5.11 Å². The standard InChI is InChI=1S/C15H19ClN2O/c1-10(2)14-13(9-19)15(16)18(17-14)8-12-7-5-4-6-11(12)3/h4-7,10,19H,8-9H2,1-3H3. The highest BCUT2D eigenvalue weighted by Gasteiger charge is 2.18. The first-order valence-electron chi connectivity index (χ1n) is 6.45. The van der Waals surface area contributed by atoms with Crippen LogP contribution in [-0.2, 0) is 13.2 Å². The van der Waals surface area contributed by atoms with Gasteiger partial charge in [-0.3, -0.25) is 0 Å². The molecule has 2 rings (SSSR count). The average molecular weight is 279 g/mol. The number of nitrogens with zero attached hydrogens (tertiary/aromatic N) is 2. The van der Waals surface area contributed by atoms with Crippen molar-refractivity contribution in [3.63, 3.8) is 0 Å². The Balaban J connectivity index is 2.39. The molecule has 0 bridgehead atoms. The van der Waals surface area contributed by atoms with Crippen LogP contribution in [0.3, 0.4) is 0 Å². The van der Waals surface area contributed by atoms with Crippen LogP contribution in [0, 0.1) is 6.92 Å². The molecule has 1 aromatic heterocycles. The highest BCUT2D eigenvalue weighted by Crippen LogP contribution is 2.26. The van der Waals surface area contributed by atoms with E-state index in [0.717, 1.165) is 11.3 Å². The second-order valence-corrected chi connectivity index (χ2v) is 5.41. The first-order chi connectivity index (χ1) is 9.04. The molecular formula is C15H19ClN2O. The number of aryl methyl sites for hydroxylation is 1. The topological polar surface area (TPSA) is 38.0 Å². The van der Waals surface area contributed by atoms with Crippen LogP contribution < -0.4 is 0 Å². The molecule has 0 aliphatic carbocycles. The maximum Gasteiger partial charge on any atom is 0.133 e. The van der Waals surface area contributed by atoms with Crippen molar-refractivity contribution >= 4 is 11.6 Å². The minimum absolute atomic E-state index is 0.0693. The predicted octanol–water partition coefficient (Wildman–Crippen LogP) is 3.51. The van der Waals surface area contributed by atoms with Crippen LogP contribution in [0.1, 0.15) is 42.1 Å². The summed E-state index contributed by atoms with van der Waals surface area (Å²) in [4.78, 5) is 0.